The van der Waals surface area contributed by atoms with Gasteiger partial charge in [-0.25, -0.2) is 9.78 Å². The normalized spacial score (nSPS) is 11.8. The molecule has 4 heteroatoms. The first-order chi connectivity index (χ1) is 8.90. The lowest BCUT2D eigenvalue weighted by molar-refractivity contribution is -0.131. The van der Waals surface area contributed by atoms with Gasteiger partial charge in [0.1, 0.15) is 5.82 Å². The van der Waals surface area contributed by atoms with E-state index in [1.54, 1.807) is 6.08 Å². The van der Waals surface area contributed by atoms with Crippen molar-refractivity contribution < 1.29 is 9.90 Å². The summed E-state index contributed by atoms with van der Waals surface area (Å²) in [5, 5.41) is 8.75. The number of rotatable bonds is 3. The maximum Gasteiger partial charge on any atom is 0.328 e. The third-order valence-corrected chi connectivity index (χ3v) is 3.04. The molecular weight excluding hydrogens is 240 g/mol. The van der Waals surface area contributed by atoms with E-state index >= 15 is 0 Å². The molecule has 4 nitrogen and oxygen atoms in total. The Hall–Kier alpha value is -2.10. The number of hydrogen-bond donors (Lipinski definition) is 1. The minimum Gasteiger partial charge on any atom is -0.478 e. The van der Waals surface area contributed by atoms with Crippen molar-refractivity contribution in [3.63, 3.8) is 0 Å². The van der Waals surface area contributed by atoms with Gasteiger partial charge in [0, 0.05) is 12.1 Å². The van der Waals surface area contributed by atoms with Gasteiger partial charge in [0.15, 0.2) is 0 Å². The molecule has 19 heavy (non-hydrogen) atoms. The van der Waals surface area contributed by atoms with Gasteiger partial charge in [-0.2, -0.15) is 0 Å². The fourth-order valence-electron chi connectivity index (χ4n) is 2.41. The molecule has 0 saturated heterocycles. The van der Waals surface area contributed by atoms with E-state index in [2.05, 4.69) is 36.4 Å². The Morgan fingerprint density at radius 1 is 1.37 bits per heavy atom. The van der Waals surface area contributed by atoms with Crippen LogP contribution >= 0.6 is 0 Å². The van der Waals surface area contributed by atoms with Gasteiger partial charge in [0.2, 0.25) is 0 Å². The van der Waals surface area contributed by atoms with Crippen LogP contribution in [0, 0.1) is 13.8 Å². The number of aromatic nitrogens is 2. The van der Waals surface area contributed by atoms with Crippen molar-refractivity contribution in [3.8, 4) is 0 Å². The molecule has 0 atom stereocenters. The summed E-state index contributed by atoms with van der Waals surface area (Å²) >= 11 is 0. The molecule has 0 saturated carbocycles. The molecule has 1 heterocycles. The topological polar surface area (TPSA) is 55.1 Å². The second kappa shape index (κ2) is 4.88. The van der Waals surface area contributed by atoms with E-state index in [0.29, 0.717) is 5.82 Å². The fraction of sp³-hybridized carbons (Fsp3) is 0.333. The predicted octanol–water partition coefficient (Wildman–Crippen LogP) is 3.33. The van der Waals surface area contributed by atoms with E-state index < -0.39 is 5.97 Å². The summed E-state index contributed by atoms with van der Waals surface area (Å²) in [6.45, 7) is 8.23. The molecule has 0 amide bonds. The Bertz CT molecular complexity index is 666. The first-order valence-corrected chi connectivity index (χ1v) is 6.30. The highest BCUT2D eigenvalue weighted by Crippen LogP contribution is 2.26. The first kappa shape index (κ1) is 13.3. The summed E-state index contributed by atoms with van der Waals surface area (Å²) in [4.78, 5) is 15.2. The summed E-state index contributed by atoms with van der Waals surface area (Å²) in [5.41, 5.74) is 4.31. The molecule has 0 aliphatic rings. The zero-order valence-corrected chi connectivity index (χ0v) is 11.6. The number of aliphatic carboxylic acids is 1. The molecule has 0 fully saturated rings. The van der Waals surface area contributed by atoms with Crippen molar-refractivity contribution in [2.75, 3.05) is 0 Å². The van der Waals surface area contributed by atoms with E-state index in [1.165, 1.54) is 0 Å². The van der Waals surface area contributed by atoms with Gasteiger partial charge < -0.3 is 9.67 Å². The van der Waals surface area contributed by atoms with Gasteiger partial charge in [0.25, 0.3) is 0 Å². The van der Waals surface area contributed by atoms with E-state index in [4.69, 9.17) is 5.11 Å². The Morgan fingerprint density at radius 2 is 2.05 bits per heavy atom. The van der Waals surface area contributed by atoms with Crippen molar-refractivity contribution in [1.82, 2.24) is 9.55 Å². The Morgan fingerprint density at radius 3 is 2.63 bits per heavy atom. The summed E-state index contributed by atoms with van der Waals surface area (Å²) < 4.78 is 2.07. The number of imidazole rings is 1. The number of benzene rings is 1. The van der Waals surface area contributed by atoms with Crippen LogP contribution in [-0.4, -0.2) is 20.6 Å². The monoisotopic (exact) mass is 258 g/mol. The largest absolute Gasteiger partial charge is 0.478 e. The molecule has 1 aromatic heterocycles. The molecule has 0 spiro atoms. The van der Waals surface area contributed by atoms with Gasteiger partial charge in [-0.15, -0.1) is 0 Å². The predicted molar refractivity (Wildman–Crippen MR) is 76.3 cm³/mol. The van der Waals surface area contributed by atoms with Crippen LogP contribution in [0.4, 0.5) is 0 Å². The van der Waals surface area contributed by atoms with Gasteiger partial charge >= 0.3 is 5.97 Å². The van der Waals surface area contributed by atoms with E-state index in [0.717, 1.165) is 28.2 Å². The van der Waals surface area contributed by atoms with Crippen LogP contribution in [0.2, 0.25) is 0 Å². The van der Waals surface area contributed by atoms with Gasteiger partial charge in [0.05, 0.1) is 11.0 Å². The van der Waals surface area contributed by atoms with Crippen molar-refractivity contribution in [2.24, 2.45) is 0 Å². The third kappa shape index (κ3) is 2.52. The molecule has 100 valence electrons. The second-order valence-electron chi connectivity index (χ2n) is 5.05. The standard InChI is InChI=1S/C15H18N2O2/c1-9(2)17-13(5-6-14(18)19)16-12-8-10(3)7-11(4)15(12)17/h5-9H,1-4H3,(H,18,19)/b6-5+. The van der Waals surface area contributed by atoms with Gasteiger partial charge in [-0.3, -0.25) is 0 Å². The van der Waals surface area contributed by atoms with Crippen LogP contribution in [0.3, 0.4) is 0 Å². The van der Waals surface area contributed by atoms with Crippen LogP contribution in [0.1, 0.15) is 36.8 Å². The maximum absolute atomic E-state index is 10.7. The highest BCUT2D eigenvalue weighted by Gasteiger charge is 2.13. The molecular formula is C15H18N2O2. The quantitative estimate of drug-likeness (QED) is 0.859. The number of aryl methyl sites for hydroxylation is 2. The summed E-state index contributed by atoms with van der Waals surface area (Å²) in [6.07, 6.45) is 2.68. The molecule has 1 N–H and O–H groups in total. The van der Waals surface area contributed by atoms with Crippen molar-refractivity contribution in [1.29, 1.82) is 0 Å². The number of nitrogens with zero attached hydrogens (tertiary/aromatic N) is 2. The summed E-state index contributed by atoms with van der Waals surface area (Å²) in [7, 11) is 0. The maximum atomic E-state index is 10.7. The number of hydrogen-bond acceptors (Lipinski definition) is 2. The molecule has 0 unspecified atom stereocenters. The average Bonchev–Trinajstić information content (AvgIpc) is 2.64. The SMILES string of the molecule is Cc1cc(C)c2c(c1)nc(/C=C/C(=O)O)n2C(C)C. The molecule has 0 radical (unpaired) electrons. The van der Waals surface area contributed by atoms with E-state index in [1.807, 2.05) is 13.0 Å². The number of carbonyl (C=O) groups is 1. The van der Waals surface area contributed by atoms with E-state index in [-0.39, 0.29) is 6.04 Å². The Balaban J connectivity index is 2.74. The molecule has 2 rings (SSSR count). The lowest BCUT2D eigenvalue weighted by atomic mass is 10.1. The van der Waals surface area contributed by atoms with Crippen molar-refractivity contribution in [3.05, 3.63) is 35.2 Å². The zero-order valence-electron chi connectivity index (χ0n) is 11.6. The van der Waals surface area contributed by atoms with Crippen LogP contribution in [0.25, 0.3) is 17.1 Å². The lowest BCUT2D eigenvalue weighted by Crippen LogP contribution is -2.04. The summed E-state index contributed by atoms with van der Waals surface area (Å²) in [5.74, 6) is -0.281. The van der Waals surface area contributed by atoms with Crippen LogP contribution in [0.5, 0.6) is 0 Å². The van der Waals surface area contributed by atoms with Crippen molar-refractivity contribution in [2.45, 2.75) is 33.7 Å². The minimum absolute atomic E-state index is 0.222. The molecule has 0 aliphatic heterocycles. The molecule has 1 aromatic carbocycles. The Labute approximate surface area is 112 Å². The highest BCUT2D eigenvalue weighted by molar-refractivity contribution is 5.87. The molecule has 2 aromatic rings. The highest BCUT2D eigenvalue weighted by atomic mass is 16.4. The van der Waals surface area contributed by atoms with Crippen LogP contribution in [-0.2, 0) is 4.79 Å². The molecule has 0 aliphatic carbocycles. The number of carboxylic acid groups (broad SMARTS) is 1. The smallest absolute Gasteiger partial charge is 0.328 e. The third-order valence-electron chi connectivity index (χ3n) is 3.04. The van der Waals surface area contributed by atoms with E-state index in [9.17, 15) is 4.79 Å². The van der Waals surface area contributed by atoms with Gasteiger partial charge in [-0.05, 0) is 51.0 Å². The van der Waals surface area contributed by atoms with Crippen LogP contribution < -0.4 is 0 Å². The van der Waals surface area contributed by atoms with Crippen molar-refractivity contribution >= 4 is 23.1 Å². The number of carboxylic acids is 1. The summed E-state index contributed by atoms with van der Waals surface area (Å²) in [6, 6.07) is 4.37. The van der Waals surface area contributed by atoms with Crippen LogP contribution in [0.15, 0.2) is 18.2 Å². The average molecular weight is 258 g/mol. The number of fused-ring (bicyclic) bond motifs is 1. The zero-order chi connectivity index (χ0) is 14.2. The minimum atomic E-state index is -0.963. The second-order valence-corrected chi connectivity index (χ2v) is 5.05. The lowest BCUT2D eigenvalue weighted by Gasteiger charge is -2.12. The first-order valence-electron chi connectivity index (χ1n) is 6.30. The fourth-order valence-corrected chi connectivity index (χ4v) is 2.41. The molecule has 0 bridgehead atoms. The Kier molecular flexibility index (Phi) is 3.42. The van der Waals surface area contributed by atoms with Gasteiger partial charge in [-0.1, -0.05) is 6.07 Å².